The van der Waals surface area contributed by atoms with Crippen molar-refractivity contribution in [1.82, 2.24) is 9.80 Å². The van der Waals surface area contributed by atoms with Crippen molar-refractivity contribution in [2.75, 3.05) is 33.2 Å². The fourth-order valence-corrected chi connectivity index (χ4v) is 2.63. The van der Waals surface area contributed by atoms with E-state index in [1.54, 1.807) is 0 Å². The third-order valence-corrected chi connectivity index (χ3v) is 3.63. The van der Waals surface area contributed by atoms with Gasteiger partial charge in [0.05, 0.1) is 0 Å². The number of nitrogens with zero attached hydrogens (tertiary/aromatic N) is 2. The molecule has 1 saturated carbocycles. The van der Waals surface area contributed by atoms with Crippen molar-refractivity contribution in [3.63, 3.8) is 0 Å². The standard InChI is InChI=1S/C11H22N2.CH2O2/c1-12-7-9-13(10-8-12)11-5-3-2-4-6-11;2-1-3/h11H,2-10H2,1H3;1H,(H,2,3). The highest BCUT2D eigenvalue weighted by atomic mass is 16.3. The van der Waals surface area contributed by atoms with Crippen LogP contribution in [-0.4, -0.2) is 60.6 Å². The molecule has 1 aliphatic heterocycles. The van der Waals surface area contributed by atoms with Crippen LogP contribution in [0.25, 0.3) is 0 Å². The summed E-state index contributed by atoms with van der Waals surface area (Å²) in [7, 11) is 2.23. The second-order valence-corrected chi connectivity index (χ2v) is 4.74. The number of piperazine rings is 1. The van der Waals surface area contributed by atoms with Gasteiger partial charge in [-0.05, 0) is 19.9 Å². The largest absolute Gasteiger partial charge is 0.483 e. The fourth-order valence-electron chi connectivity index (χ4n) is 2.63. The van der Waals surface area contributed by atoms with Crippen LogP contribution in [0.5, 0.6) is 0 Å². The molecule has 0 bridgehead atoms. The van der Waals surface area contributed by atoms with E-state index in [0.717, 1.165) is 6.04 Å². The van der Waals surface area contributed by atoms with Crippen molar-refractivity contribution in [2.24, 2.45) is 0 Å². The van der Waals surface area contributed by atoms with Crippen LogP contribution in [-0.2, 0) is 4.79 Å². The van der Waals surface area contributed by atoms with E-state index >= 15 is 0 Å². The summed E-state index contributed by atoms with van der Waals surface area (Å²) in [4.78, 5) is 13.5. The summed E-state index contributed by atoms with van der Waals surface area (Å²) in [6.07, 6.45) is 7.34. The number of hydrogen-bond acceptors (Lipinski definition) is 3. The number of carbonyl (C=O) groups is 1. The summed E-state index contributed by atoms with van der Waals surface area (Å²) in [5.74, 6) is 0. The summed E-state index contributed by atoms with van der Waals surface area (Å²) in [6, 6.07) is 0.933. The Morgan fingerprint density at radius 1 is 1.06 bits per heavy atom. The molecule has 0 aromatic carbocycles. The maximum atomic E-state index is 8.36. The Balaban J connectivity index is 0.000000386. The van der Waals surface area contributed by atoms with Gasteiger partial charge < -0.3 is 10.0 Å². The zero-order valence-electron chi connectivity index (χ0n) is 10.3. The minimum absolute atomic E-state index is 0.250. The first-order chi connectivity index (χ1) is 7.77. The molecule has 0 spiro atoms. The van der Waals surface area contributed by atoms with Gasteiger partial charge in [0.25, 0.3) is 6.47 Å². The summed E-state index contributed by atoms with van der Waals surface area (Å²) in [5.41, 5.74) is 0. The van der Waals surface area contributed by atoms with E-state index in [1.807, 2.05) is 0 Å². The second kappa shape index (κ2) is 7.63. The average molecular weight is 228 g/mol. The van der Waals surface area contributed by atoms with Crippen molar-refractivity contribution < 1.29 is 9.90 Å². The molecule has 1 aliphatic carbocycles. The van der Waals surface area contributed by atoms with Crippen molar-refractivity contribution in [2.45, 2.75) is 38.1 Å². The van der Waals surface area contributed by atoms with Gasteiger partial charge in [0, 0.05) is 32.2 Å². The van der Waals surface area contributed by atoms with Gasteiger partial charge in [0.15, 0.2) is 0 Å². The summed E-state index contributed by atoms with van der Waals surface area (Å²) in [6.45, 7) is 4.91. The van der Waals surface area contributed by atoms with Gasteiger partial charge in [-0.15, -0.1) is 0 Å². The van der Waals surface area contributed by atoms with E-state index in [9.17, 15) is 0 Å². The summed E-state index contributed by atoms with van der Waals surface area (Å²) >= 11 is 0. The average Bonchev–Trinajstić information content (AvgIpc) is 2.32. The normalized spacial score (nSPS) is 24.6. The van der Waals surface area contributed by atoms with Gasteiger partial charge in [-0.3, -0.25) is 9.69 Å². The van der Waals surface area contributed by atoms with Crippen LogP contribution in [0, 0.1) is 0 Å². The first-order valence-corrected chi connectivity index (χ1v) is 6.28. The molecule has 0 unspecified atom stereocenters. The molecule has 0 aromatic rings. The highest BCUT2D eigenvalue weighted by Crippen LogP contribution is 2.23. The van der Waals surface area contributed by atoms with Crippen molar-refractivity contribution in [1.29, 1.82) is 0 Å². The van der Waals surface area contributed by atoms with Crippen LogP contribution >= 0.6 is 0 Å². The van der Waals surface area contributed by atoms with Crippen molar-refractivity contribution in [3.05, 3.63) is 0 Å². The van der Waals surface area contributed by atoms with Crippen molar-refractivity contribution in [3.8, 4) is 0 Å². The molecule has 0 atom stereocenters. The summed E-state index contributed by atoms with van der Waals surface area (Å²) in [5, 5.41) is 6.89. The van der Waals surface area contributed by atoms with Gasteiger partial charge in [0.2, 0.25) is 0 Å². The fraction of sp³-hybridized carbons (Fsp3) is 0.917. The highest BCUT2D eigenvalue weighted by Gasteiger charge is 2.23. The van der Waals surface area contributed by atoms with E-state index in [-0.39, 0.29) is 6.47 Å². The van der Waals surface area contributed by atoms with Gasteiger partial charge in [-0.25, -0.2) is 0 Å². The van der Waals surface area contributed by atoms with E-state index in [2.05, 4.69) is 16.8 Å². The Morgan fingerprint density at radius 3 is 2.06 bits per heavy atom. The van der Waals surface area contributed by atoms with Crippen LogP contribution in [0.2, 0.25) is 0 Å². The Labute approximate surface area is 98.2 Å². The Hall–Kier alpha value is -0.610. The smallest absolute Gasteiger partial charge is 0.290 e. The van der Waals surface area contributed by atoms with Gasteiger partial charge >= 0.3 is 0 Å². The van der Waals surface area contributed by atoms with Crippen LogP contribution in [0.1, 0.15) is 32.1 Å². The molecule has 4 heteroatoms. The highest BCUT2D eigenvalue weighted by molar-refractivity contribution is 5.32. The first kappa shape index (κ1) is 13.5. The predicted octanol–water partition coefficient (Wildman–Crippen LogP) is 1.27. The zero-order chi connectivity index (χ0) is 11.8. The van der Waals surface area contributed by atoms with E-state index in [0.29, 0.717) is 0 Å². The molecule has 0 amide bonds. The van der Waals surface area contributed by atoms with Crippen LogP contribution < -0.4 is 0 Å². The molecule has 1 N–H and O–H groups in total. The zero-order valence-corrected chi connectivity index (χ0v) is 10.3. The van der Waals surface area contributed by atoms with Crippen LogP contribution in [0.3, 0.4) is 0 Å². The lowest BCUT2D eigenvalue weighted by atomic mass is 9.94. The quantitative estimate of drug-likeness (QED) is 0.686. The molecule has 94 valence electrons. The molecule has 2 aliphatic rings. The van der Waals surface area contributed by atoms with Gasteiger partial charge in [-0.2, -0.15) is 0 Å². The molecule has 2 rings (SSSR count). The SMILES string of the molecule is CN1CCN(C2CCCCC2)CC1.O=CO. The molecular formula is C12H24N2O2. The molecule has 4 nitrogen and oxygen atoms in total. The Kier molecular flexibility index (Phi) is 6.42. The molecule has 1 saturated heterocycles. The van der Waals surface area contributed by atoms with Gasteiger partial charge in [0.1, 0.15) is 0 Å². The Morgan fingerprint density at radius 2 is 1.56 bits per heavy atom. The predicted molar refractivity (Wildman–Crippen MR) is 64.6 cm³/mol. The number of hydrogen-bond donors (Lipinski definition) is 1. The third kappa shape index (κ3) is 4.49. The number of rotatable bonds is 1. The molecular weight excluding hydrogens is 204 g/mol. The lowest BCUT2D eigenvalue weighted by Gasteiger charge is -2.39. The molecule has 2 fully saturated rings. The summed E-state index contributed by atoms with van der Waals surface area (Å²) < 4.78 is 0. The Bertz CT molecular complexity index is 185. The van der Waals surface area contributed by atoms with Crippen LogP contribution in [0.4, 0.5) is 0 Å². The maximum Gasteiger partial charge on any atom is 0.290 e. The number of likely N-dealkylation sites (N-methyl/N-ethyl adjacent to an activating group) is 1. The van der Waals surface area contributed by atoms with E-state index in [4.69, 9.17) is 9.90 Å². The monoisotopic (exact) mass is 228 g/mol. The maximum absolute atomic E-state index is 8.36. The minimum Gasteiger partial charge on any atom is -0.483 e. The lowest BCUT2D eigenvalue weighted by molar-refractivity contribution is -0.122. The number of carboxylic acid groups (broad SMARTS) is 1. The second-order valence-electron chi connectivity index (χ2n) is 4.74. The molecule has 1 heterocycles. The van der Waals surface area contributed by atoms with E-state index < -0.39 is 0 Å². The lowest BCUT2D eigenvalue weighted by Crippen LogP contribution is -2.49. The van der Waals surface area contributed by atoms with E-state index in [1.165, 1.54) is 58.3 Å². The molecule has 0 aromatic heterocycles. The van der Waals surface area contributed by atoms with Gasteiger partial charge in [-0.1, -0.05) is 19.3 Å². The minimum atomic E-state index is -0.250. The first-order valence-electron chi connectivity index (χ1n) is 6.28. The van der Waals surface area contributed by atoms with Crippen LogP contribution in [0.15, 0.2) is 0 Å². The molecule has 0 radical (unpaired) electrons. The topological polar surface area (TPSA) is 43.8 Å². The van der Waals surface area contributed by atoms with Crippen molar-refractivity contribution >= 4 is 6.47 Å². The molecule has 16 heavy (non-hydrogen) atoms. The third-order valence-electron chi connectivity index (χ3n) is 3.63.